The van der Waals surface area contributed by atoms with Gasteiger partial charge in [0.05, 0.1) is 11.6 Å². The van der Waals surface area contributed by atoms with E-state index in [1.54, 1.807) is 12.3 Å². The van der Waals surface area contributed by atoms with E-state index in [9.17, 15) is 9.59 Å². The summed E-state index contributed by atoms with van der Waals surface area (Å²) in [6.45, 7) is 6.40. The molecule has 158 valence electrons. The predicted octanol–water partition coefficient (Wildman–Crippen LogP) is 4.61. The first-order chi connectivity index (χ1) is 14.8. The van der Waals surface area contributed by atoms with Crippen molar-refractivity contribution >= 4 is 5.78 Å². The first-order valence-corrected chi connectivity index (χ1v) is 10.8. The molecule has 2 aliphatic heterocycles. The Kier molecular flexibility index (Phi) is 4.36. The average Bonchev–Trinajstić information content (AvgIpc) is 3.20. The summed E-state index contributed by atoms with van der Waals surface area (Å²) >= 11 is 0. The van der Waals surface area contributed by atoms with Crippen LogP contribution in [0.2, 0.25) is 0 Å². The van der Waals surface area contributed by atoms with Crippen LogP contribution in [0.3, 0.4) is 0 Å². The predicted molar refractivity (Wildman–Crippen MR) is 119 cm³/mol. The van der Waals surface area contributed by atoms with Gasteiger partial charge < -0.3 is 10.3 Å². The van der Waals surface area contributed by atoms with Gasteiger partial charge >= 0.3 is 0 Å². The molecule has 3 aliphatic rings. The molecule has 2 atom stereocenters. The topological polar surface area (TPSA) is 86.7 Å². The fourth-order valence-corrected chi connectivity index (χ4v) is 5.48. The summed E-state index contributed by atoms with van der Waals surface area (Å²) in [6.07, 6.45) is 5.29. The quantitative estimate of drug-likeness (QED) is 0.769. The molecule has 5 rings (SSSR count). The zero-order valence-electron chi connectivity index (χ0n) is 18.0. The maximum Gasteiger partial charge on any atom is 0.248 e. The third-order valence-corrected chi connectivity index (χ3v) is 6.77. The zero-order valence-corrected chi connectivity index (χ0v) is 18.0. The molecule has 0 saturated heterocycles. The number of nitrogens with zero attached hydrogens (tertiary/aromatic N) is 2. The highest BCUT2D eigenvalue weighted by Gasteiger charge is 2.52. The maximum absolute atomic E-state index is 13.5. The summed E-state index contributed by atoms with van der Waals surface area (Å²) in [6, 6.07) is 11.7. The van der Waals surface area contributed by atoms with Crippen molar-refractivity contribution in [1.82, 2.24) is 10.3 Å². The van der Waals surface area contributed by atoms with Gasteiger partial charge in [-0.15, -0.1) is 0 Å². The monoisotopic (exact) mass is 414 g/mol. The Hall–Kier alpha value is -3.28. The fourth-order valence-electron chi connectivity index (χ4n) is 5.48. The van der Waals surface area contributed by atoms with Gasteiger partial charge in [-0.25, -0.2) is 0 Å². The maximum atomic E-state index is 13.5. The van der Waals surface area contributed by atoms with Gasteiger partial charge in [0, 0.05) is 35.5 Å². The number of azo groups is 1. The molecule has 31 heavy (non-hydrogen) atoms. The second-order valence-corrected chi connectivity index (χ2v) is 9.44. The Morgan fingerprint density at radius 3 is 2.68 bits per heavy atom. The number of aromatic nitrogens is 1. The summed E-state index contributed by atoms with van der Waals surface area (Å²) in [5.41, 5.74) is 4.89. The number of hydrogen-bond donors (Lipinski definition) is 2. The summed E-state index contributed by atoms with van der Waals surface area (Å²) in [7, 11) is 0. The third-order valence-electron chi connectivity index (χ3n) is 6.77. The van der Waals surface area contributed by atoms with Gasteiger partial charge in [-0.05, 0) is 47.1 Å². The van der Waals surface area contributed by atoms with Crippen molar-refractivity contribution in [2.24, 2.45) is 15.6 Å². The normalized spacial score (nSPS) is 26.2. The molecule has 3 heterocycles. The van der Waals surface area contributed by atoms with Crippen LogP contribution < -0.4 is 10.9 Å². The molecule has 0 bridgehead atoms. The molecule has 2 aromatic rings. The number of Topliss-reactive ketones (excluding diaryl/α,β-unsaturated/α-hetero) is 1. The molecule has 0 saturated carbocycles. The van der Waals surface area contributed by atoms with Crippen molar-refractivity contribution in [3.63, 3.8) is 0 Å². The van der Waals surface area contributed by atoms with Gasteiger partial charge in [0.15, 0.2) is 11.9 Å². The Morgan fingerprint density at radius 1 is 1.10 bits per heavy atom. The smallest absolute Gasteiger partial charge is 0.248 e. The Labute approximate surface area is 181 Å². The number of pyridine rings is 1. The lowest BCUT2D eigenvalue weighted by Gasteiger charge is -2.47. The number of allylic oxidation sites excluding steroid dienone is 2. The second-order valence-electron chi connectivity index (χ2n) is 9.44. The largest absolute Gasteiger partial charge is 0.362 e. The molecule has 6 heteroatoms. The van der Waals surface area contributed by atoms with Crippen molar-refractivity contribution in [3.8, 4) is 11.1 Å². The van der Waals surface area contributed by atoms with E-state index in [2.05, 4.69) is 53.4 Å². The molecule has 1 unspecified atom stereocenters. The van der Waals surface area contributed by atoms with E-state index >= 15 is 0 Å². The minimum Gasteiger partial charge on any atom is -0.362 e. The first-order valence-electron chi connectivity index (χ1n) is 10.8. The second kappa shape index (κ2) is 6.87. The van der Waals surface area contributed by atoms with Crippen LogP contribution in [0.1, 0.15) is 45.6 Å². The standard InChI is InChI=1S/C25H26N4O2/c1-4-25(17-7-5-6-15(10-17)16-8-9-26-21(31)11-16)18-14-27-29-23(18)28-19-12-24(2,3)13-20(30)22(19)25/h5-11,14,23,28H,4,12-13H2,1-3H3,(H,26,31)/t23?,25-/m0/s1. The lowest BCUT2D eigenvalue weighted by molar-refractivity contribution is -0.119. The fraction of sp³-hybridized carbons (Fsp3) is 0.360. The number of carbonyl (C=O) groups is 1. The number of H-pyrrole nitrogens is 1. The van der Waals surface area contributed by atoms with E-state index in [-0.39, 0.29) is 22.9 Å². The summed E-state index contributed by atoms with van der Waals surface area (Å²) < 4.78 is 0. The van der Waals surface area contributed by atoms with Gasteiger partial charge in [0.1, 0.15) is 0 Å². The van der Waals surface area contributed by atoms with Crippen molar-refractivity contribution in [3.05, 3.63) is 81.6 Å². The lowest BCUT2D eigenvalue weighted by atomic mass is 9.58. The minimum atomic E-state index is -0.584. The summed E-state index contributed by atoms with van der Waals surface area (Å²) in [5.74, 6) is 0.188. The van der Waals surface area contributed by atoms with Crippen LogP contribution in [-0.4, -0.2) is 16.9 Å². The van der Waals surface area contributed by atoms with Crippen LogP contribution in [-0.2, 0) is 10.2 Å². The van der Waals surface area contributed by atoms with Crippen LogP contribution in [0.25, 0.3) is 11.1 Å². The van der Waals surface area contributed by atoms with Crippen molar-refractivity contribution in [2.45, 2.75) is 51.6 Å². The molecular formula is C25H26N4O2. The molecule has 1 aromatic heterocycles. The van der Waals surface area contributed by atoms with Gasteiger partial charge in [0.2, 0.25) is 5.56 Å². The van der Waals surface area contributed by atoms with Gasteiger partial charge in [0.25, 0.3) is 0 Å². The summed E-state index contributed by atoms with van der Waals surface area (Å²) in [4.78, 5) is 28.1. The number of fused-ring (bicyclic) bond motifs is 1. The molecule has 0 spiro atoms. The average molecular weight is 415 g/mol. The molecule has 0 amide bonds. The number of benzene rings is 1. The van der Waals surface area contributed by atoms with E-state index < -0.39 is 5.41 Å². The molecule has 0 fully saturated rings. The van der Waals surface area contributed by atoms with Gasteiger partial charge in [-0.3, -0.25) is 9.59 Å². The zero-order chi connectivity index (χ0) is 21.8. The van der Waals surface area contributed by atoms with Crippen LogP contribution >= 0.6 is 0 Å². The van der Waals surface area contributed by atoms with Gasteiger partial charge in [-0.2, -0.15) is 10.2 Å². The van der Waals surface area contributed by atoms with E-state index in [4.69, 9.17) is 0 Å². The molecule has 0 radical (unpaired) electrons. The number of rotatable bonds is 3. The van der Waals surface area contributed by atoms with E-state index in [1.165, 1.54) is 0 Å². The number of hydrogen-bond acceptors (Lipinski definition) is 5. The van der Waals surface area contributed by atoms with Crippen molar-refractivity contribution in [1.29, 1.82) is 0 Å². The van der Waals surface area contributed by atoms with Crippen molar-refractivity contribution in [2.75, 3.05) is 0 Å². The highest BCUT2D eigenvalue weighted by Crippen LogP contribution is 2.53. The highest BCUT2D eigenvalue weighted by atomic mass is 16.1. The van der Waals surface area contributed by atoms with Crippen LogP contribution in [0.4, 0.5) is 0 Å². The van der Waals surface area contributed by atoms with Crippen LogP contribution in [0, 0.1) is 5.41 Å². The number of carbonyl (C=O) groups excluding carboxylic acids is 1. The minimum absolute atomic E-state index is 0.0910. The van der Waals surface area contributed by atoms with Crippen LogP contribution in [0.5, 0.6) is 0 Å². The van der Waals surface area contributed by atoms with Crippen LogP contribution in [0.15, 0.2) is 80.7 Å². The first kappa shape index (κ1) is 19.7. The van der Waals surface area contributed by atoms with E-state index in [1.807, 2.05) is 24.4 Å². The number of ketones is 1. The Morgan fingerprint density at radius 2 is 1.90 bits per heavy atom. The Bertz CT molecular complexity index is 1230. The number of aromatic amines is 1. The third kappa shape index (κ3) is 3.00. The molecule has 2 N–H and O–H groups in total. The summed E-state index contributed by atoms with van der Waals surface area (Å²) in [5, 5.41) is 12.1. The van der Waals surface area contributed by atoms with Crippen molar-refractivity contribution < 1.29 is 4.79 Å². The lowest BCUT2D eigenvalue weighted by Crippen LogP contribution is -2.51. The SMILES string of the molecule is CC[C@]1(c2cccc(-c3cc[nH]c(=O)c3)c2)C2=CN=NC2NC2=C1C(=O)CC(C)(C)C2. The Balaban J connectivity index is 1.74. The van der Waals surface area contributed by atoms with Gasteiger partial charge in [-0.1, -0.05) is 39.0 Å². The highest BCUT2D eigenvalue weighted by molar-refractivity contribution is 6.01. The number of nitrogens with one attached hydrogen (secondary N) is 2. The van der Waals surface area contributed by atoms with E-state index in [0.717, 1.165) is 46.4 Å². The molecule has 1 aromatic carbocycles. The molecular weight excluding hydrogens is 388 g/mol. The molecule has 1 aliphatic carbocycles. The molecule has 6 nitrogen and oxygen atoms in total. The van der Waals surface area contributed by atoms with E-state index in [0.29, 0.717) is 6.42 Å².